The first-order valence-corrected chi connectivity index (χ1v) is 3.95. The van der Waals surface area contributed by atoms with E-state index in [1.54, 1.807) is 0 Å². The Morgan fingerprint density at radius 3 is 2.29 bits per heavy atom. The summed E-state index contributed by atoms with van der Waals surface area (Å²) in [5.74, 6) is 0.391. The van der Waals surface area contributed by atoms with Crippen molar-refractivity contribution < 1.29 is 4.79 Å². The summed E-state index contributed by atoms with van der Waals surface area (Å²) in [6.07, 6.45) is 0. The van der Waals surface area contributed by atoms with Gasteiger partial charge in [-0.1, -0.05) is 0 Å². The molecule has 0 unspecified atom stereocenters. The quantitative estimate of drug-likeness (QED) is 0.534. The number of nitrogens with one attached hydrogen (secondary N) is 1. The molecule has 38 valence electrons. The van der Waals surface area contributed by atoms with Crippen LogP contribution in [0.2, 0.25) is 0 Å². The summed E-state index contributed by atoms with van der Waals surface area (Å²) in [5.41, 5.74) is 0. The second-order valence-electron chi connectivity index (χ2n) is 1.76. The third-order valence-corrected chi connectivity index (χ3v) is 2.53. The molecule has 0 saturated carbocycles. The number of rotatable bonds is 1. The summed E-state index contributed by atoms with van der Waals surface area (Å²) in [7, 11) is 0. The molecule has 1 rings (SSSR count). The van der Waals surface area contributed by atoms with Gasteiger partial charge < -0.3 is 0 Å². The average Bonchev–Trinajstić information content (AvgIpc) is 1.23. The Balaban J connectivity index is 2.27. The van der Waals surface area contributed by atoms with E-state index in [1.807, 2.05) is 0 Å². The Kier molecular flexibility index (Phi) is 1.69. The molecule has 1 aliphatic rings. The summed E-state index contributed by atoms with van der Waals surface area (Å²) in [4.78, 5) is 10.4. The van der Waals surface area contributed by atoms with Crippen molar-refractivity contribution in [1.82, 2.24) is 5.32 Å². The minimum atomic E-state index is 0.391. The predicted molar refractivity (Wildman–Crippen MR) is 28.5 cm³/mol. The van der Waals surface area contributed by atoms with Crippen LogP contribution in [0.3, 0.4) is 0 Å². The molecule has 0 aromatic carbocycles. The van der Waals surface area contributed by atoms with Gasteiger partial charge >= 0.3 is 55.4 Å². The topological polar surface area (TPSA) is 29.1 Å². The van der Waals surface area contributed by atoms with Crippen LogP contribution in [0.5, 0.6) is 0 Å². The zero-order valence-electron chi connectivity index (χ0n) is 3.98. The summed E-state index contributed by atoms with van der Waals surface area (Å²) in [6.45, 7) is 1.86. The van der Waals surface area contributed by atoms with Crippen molar-refractivity contribution in [3.8, 4) is 0 Å². The molecule has 1 saturated heterocycles. The number of carbonyl (C=O) groups excluding carboxylic acids is 1. The van der Waals surface area contributed by atoms with Crippen LogP contribution in [-0.2, 0) is 4.79 Å². The molecule has 0 bridgehead atoms. The Bertz CT molecular complexity index is 89.7. The maximum absolute atomic E-state index is 10.4. The Morgan fingerprint density at radius 2 is 2.29 bits per heavy atom. The monoisotopic (exact) mass is 205 g/mol. The summed E-state index contributed by atoms with van der Waals surface area (Å²) < 4.78 is 0.448. The zero-order chi connectivity index (χ0) is 5.28. The molecule has 2 nitrogen and oxygen atoms in total. The zero-order valence-corrected chi connectivity index (χ0v) is 7.27. The Hall–Kier alpha value is 0.429. The molecular formula is C4H7NOSn. The molecule has 0 aliphatic carbocycles. The molecule has 0 amide bonds. The Morgan fingerprint density at radius 1 is 1.71 bits per heavy atom. The van der Waals surface area contributed by atoms with Crippen LogP contribution in [0.4, 0.5) is 0 Å². The van der Waals surface area contributed by atoms with E-state index in [4.69, 9.17) is 0 Å². The van der Waals surface area contributed by atoms with Gasteiger partial charge in [-0.25, -0.2) is 0 Å². The second kappa shape index (κ2) is 2.13. The van der Waals surface area contributed by atoms with E-state index in [1.165, 1.54) is 0 Å². The van der Waals surface area contributed by atoms with Gasteiger partial charge in [-0.2, -0.15) is 0 Å². The molecule has 0 atom stereocenters. The van der Waals surface area contributed by atoms with Crippen LogP contribution in [0.1, 0.15) is 0 Å². The third-order valence-electron chi connectivity index (χ3n) is 1.18. The number of hydrogen-bond donors (Lipinski definition) is 1. The van der Waals surface area contributed by atoms with Crippen LogP contribution in [0, 0.1) is 5.92 Å². The first-order valence-electron chi connectivity index (χ1n) is 2.31. The fraction of sp³-hybridized carbons (Fsp3) is 0.750. The molecule has 7 heavy (non-hydrogen) atoms. The van der Waals surface area contributed by atoms with Crippen LogP contribution in [-0.4, -0.2) is 39.4 Å². The number of carbonyl (C=O) groups is 1. The van der Waals surface area contributed by atoms with Crippen molar-refractivity contribution >= 4 is 26.3 Å². The van der Waals surface area contributed by atoms with E-state index >= 15 is 0 Å². The van der Waals surface area contributed by atoms with Gasteiger partial charge in [0.25, 0.3) is 0 Å². The van der Waals surface area contributed by atoms with Crippen LogP contribution in [0.25, 0.3) is 0 Å². The molecule has 1 aliphatic heterocycles. The standard InChI is InChI=1S/C4H6NO.Sn.H/c6-3-4-1-5-2-4;;/h4-5H,1-2H2;;. The summed E-state index contributed by atoms with van der Waals surface area (Å²) in [6, 6.07) is 0. The molecule has 3 heteroatoms. The van der Waals surface area contributed by atoms with Crippen molar-refractivity contribution in [2.45, 2.75) is 0 Å². The average molecular weight is 204 g/mol. The van der Waals surface area contributed by atoms with Gasteiger partial charge in [0.15, 0.2) is 0 Å². The molecule has 2 radical (unpaired) electrons. The fourth-order valence-corrected chi connectivity index (χ4v) is 1.16. The molecular weight excluding hydrogens is 197 g/mol. The van der Waals surface area contributed by atoms with Gasteiger partial charge in [0.05, 0.1) is 0 Å². The van der Waals surface area contributed by atoms with E-state index < -0.39 is 0 Å². The van der Waals surface area contributed by atoms with E-state index in [-0.39, 0.29) is 0 Å². The Labute approximate surface area is 55.7 Å². The van der Waals surface area contributed by atoms with Crippen LogP contribution >= 0.6 is 0 Å². The minimum absolute atomic E-state index is 0.391. The van der Waals surface area contributed by atoms with E-state index in [0.29, 0.717) is 9.72 Å². The second-order valence-corrected chi connectivity index (χ2v) is 3.38. The van der Waals surface area contributed by atoms with Gasteiger partial charge in [0.1, 0.15) is 0 Å². The van der Waals surface area contributed by atoms with E-state index in [2.05, 4.69) is 5.32 Å². The molecule has 0 aromatic heterocycles. The molecule has 0 spiro atoms. The van der Waals surface area contributed by atoms with Gasteiger partial charge in [-0.3, -0.25) is 0 Å². The van der Waals surface area contributed by atoms with E-state index in [9.17, 15) is 4.79 Å². The van der Waals surface area contributed by atoms with Crippen LogP contribution in [0.15, 0.2) is 0 Å². The van der Waals surface area contributed by atoms with Crippen molar-refractivity contribution in [2.24, 2.45) is 5.92 Å². The van der Waals surface area contributed by atoms with Gasteiger partial charge in [-0.15, -0.1) is 0 Å². The molecule has 1 fully saturated rings. The van der Waals surface area contributed by atoms with Crippen molar-refractivity contribution in [2.75, 3.05) is 13.1 Å². The predicted octanol–water partition coefficient (Wildman–Crippen LogP) is -1.37. The van der Waals surface area contributed by atoms with Gasteiger partial charge in [0, 0.05) is 0 Å². The SMILES string of the molecule is O=[C]([SnH])C1CNC1. The molecule has 1 heterocycles. The number of hydrogen-bond acceptors (Lipinski definition) is 2. The third kappa shape index (κ3) is 1.16. The fourth-order valence-electron chi connectivity index (χ4n) is 0.490. The van der Waals surface area contributed by atoms with Crippen molar-refractivity contribution in [3.05, 3.63) is 0 Å². The summed E-state index contributed by atoms with van der Waals surface area (Å²) >= 11 is 0.793. The van der Waals surface area contributed by atoms with Gasteiger partial charge in [-0.05, 0) is 0 Å². The molecule has 0 aromatic rings. The van der Waals surface area contributed by atoms with Crippen molar-refractivity contribution in [1.29, 1.82) is 0 Å². The normalized spacial score (nSPS) is 21.3. The van der Waals surface area contributed by atoms with E-state index in [0.717, 1.165) is 35.6 Å². The first kappa shape index (κ1) is 5.56. The van der Waals surface area contributed by atoms with Crippen LogP contribution < -0.4 is 5.32 Å². The van der Waals surface area contributed by atoms with Crippen molar-refractivity contribution in [3.63, 3.8) is 0 Å². The first-order chi connectivity index (χ1) is 3.30. The maximum atomic E-state index is 10.4. The molecule has 1 N–H and O–H groups in total. The summed E-state index contributed by atoms with van der Waals surface area (Å²) in [5, 5.41) is 3.04. The van der Waals surface area contributed by atoms with Gasteiger partial charge in [0.2, 0.25) is 0 Å².